The second-order valence-electron chi connectivity index (χ2n) is 14.2. The number of nitrogens with two attached hydrogens (primary N) is 3. The SMILES string of the molecule is Fc1ccc(-c2cnc3nc(CCl)cn3n2)c(F)c1.Fc1ccc(-c2cnc3nc(COc4ccccc4)cn3n2)c(F)c1.Nc1ncc(-c2ccc(F)cc2F)nn1.Nc1ncc(Br)nn1.Nc1nccnn1. The summed E-state index contributed by atoms with van der Waals surface area (Å²) in [7, 11) is 0. The fourth-order valence-electron chi connectivity index (χ4n) is 5.74. The first-order chi connectivity index (χ1) is 35.7. The van der Waals surface area contributed by atoms with E-state index in [1.807, 2.05) is 30.3 Å². The minimum Gasteiger partial charge on any atom is -0.487 e. The first-order valence-electron chi connectivity index (χ1n) is 20.7. The average molecular weight is 1100 g/mol. The molecule has 374 valence electrons. The molecule has 0 radical (unpaired) electrons. The predicted molar refractivity (Wildman–Crippen MR) is 258 cm³/mol. The van der Waals surface area contributed by atoms with E-state index in [0.717, 1.165) is 30.0 Å². The topological polar surface area (TPSA) is 289 Å². The van der Waals surface area contributed by atoms with Gasteiger partial charge >= 0.3 is 0 Å². The van der Waals surface area contributed by atoms with E-state index in [4.69, 9.17) is 33.5 Å². The first-order valence-corrected chi connectivity index (χ1v) is 22.0. The van der Waals surface area contributed by atoms with Crippen molar-refractivity contribution in [3.63, 3.8) is 0 Å². The largest absolute Gasteiger partial charge is 0.487 e. The lowest BCUT2D eigenvalue weighted by Gasteiger charge is -2.02. The second-order valence-corrected chi connectivity index (χ2v) is 15.3. The van der Waals surface area contributed by atoms with Crippen molar-refractivity contribution in [1.82, 2.24) is 84.7 Å². The number of hydrogen-bond donors (Lipinski definition) is 3. The Morgan fingerprint density at radius 3 is 1.43 bits per heavy atom. The van der Waals surface area contributed by atoms with Crippen LogP contribution in [0.2, 0.25) is 0 Å². The number of hydrogen-bond acceptors (Lipinski definition) is 19. The van der Waals surface area contributed by atoms with Crippen LogP contribution in [0.4, 0.5) is 44.2 Å². The molecule has 0 saturated heterocycles. The molecule has 0 fully saturated rings. The Hall–Kier alpha value is -9.44. The van der Waals surface area contributed by atoms with Gasteiger partial charge in [-0.3, -0.25) is 0 Å². The van der Waals surface area contributed by atoms with Gasteiger partial charge in [-0.1, -0.05) is 18.2 Å². The minimum atomic E-state index is -0.712. The van der Waals surface area contributed by atoms with Crippen molar-refractivity contribution in [2.24, 2.45) is 0 Å². The van der Waals surface area contributed by atoms with Crippen molar-refractivity contribution in [3.05, 3.63) is 185 Å². The number of ether oxygens (including phenoxy) is 1. The number of alkyl halides is 1. The number of imidazole rings is 2. The van der Waals surface area contributed by atoms with Gasteiger partial charge in [0.05, 0.1) is 61.1 Å². The molecule has 6 N–H and O–H groups in total. The summed E-state index contributed by atoms with van der Waals surface area (Å²) in [5, 5.41) is 29.4. The maximum absolute atomic E-state index is 13.9. The third kappa shape index (κ3) is 14.8. The summed E-state index contributed by atoms with van der Waals surface area (Å²) in [6.07, 6.45) is 11.8. The number of nitrogens with zero attached hydrogens (tertiary/aromatic N) is 17. The van der Waals surface area contributed by atoms with E-state index in [0.29, 0.717) is 33.2 Å². The minimum absolute atomic E-state index is 0.00118. The Balaban J connectivity index is 0.000000145. The lowest BCUT2D eigenvalue weighted by Crippen LogP contribution is -1.98. The van der Waals surface area contributed by atoms with Crippen LogP contribution >= 0.6 is 27.5 Å². The van der Waals surface area contributed by atoms with Crippen LogP contribution in [-0.2, 0) is 12.5 Å². The highest BCUT2D eigenvalue weighted by Gasteiger charge is 2.13. The average Bonchev–Trinajstić information content (AvgIpc) is 4.02. The Bertz CT molecular complexity index is 3570. The molecule has 7 aromatic heterocycles. The Morgan fingerprint density at radius 1 is 0.514 bits per heavy atom. The van der Waals surface area contributed by atoms with E-state index in [1.54, 1.807) is 12.4 Å². The van der Waals surface area contributed by atoms with Crippen LogP contribution in [-0.4, -0.2) is 84.7 Å². The highest BCUT2D eigenvalue weighted by Crippen LogP contribution is 2.23. The second kappa shape index (κ2) is 25.1. The molecule has 0 bridgehead atoms. The van der Waals surface area contributed by atoms with Crippen LogP contribution in [0.15, 0.2) is 139 Å². The molecule has 21 nitrogen and oxygen atoms in total. The Kier molecular flexibility index (Phi) is 17.8. The van der Waals surface area contributed by atoms with Gasteiger partial charge in [-0.2, -0.15) is 15.3 Å². The van der Waals surface area contributed by atoms with E-state index < -0.39 is 34.9 Å². The summed E-state index contributed by atoms with van der Waals surface area (Å²) < 4.78 is 88.4. The van der Waals surface area contributed by atoms with Crippen molar-refractivity contribution < 1.29 is 31.1 Å². The Morgan fingerprint density at radius 2 is 1.00 bits per heavy atom. The van der Waals surface area contributed by atoms with Crippen molar-refractivity contribution in [3.8, 4) is 39.5 Å². The summed E-state index contributed by atoms with van der Waals surface area (Å²) in [6, 6.07) is 19.2. The summed E-state index contributed by atoms with van der Waals surface area (Å²) >= 11 is 8.72. The van der Waals surface area contributed by atoms with Gasteiger partial charge < -0.3 is 21.9 Å². The van der Waals surface area contributed by atoms with Crippen LogP contribution in [0, 0.1) is 34.9 Å². The van der Waals surface area contributed by atoms with E-state index in [1.165, 1.54) is 76.5 Å². The Labute approximate surface area is 425 Å². The molecule has 0 aliphatic carbocycles. The number of anilines is 3. The highest BCUT2D eigenvalue weighted by molar-refractivity contribution is 9.10. The van der Waals surface area contributed by atoms with Crippen LogP contribution in [0.3, 0.4) is 0 Å². The fourth-order valence-corrected chi connectivity index (χ4v) is 6.05. The number of fused-ring (bicyclic) bond motifs is 2. The molecular weight excluding hydrogens is 1070 g/mol. The van der Waals surface area contributed by atoms with Crippen LogP contribution in [0.25, 0.3) is 45.3 Å². The molecule has 0 spiro atoms. The lowest BCUT2D eigenvalue weighted by molar-refractivity contribution is 0.302. The zero-order valence-electron chi connectivity index (χ0n) is 37.4. The van der Waals surface area contributed by atoms with Gasteiger partial charge in [0.25, 0.3) is 11.6 Å². The number of rotatable bonds is 7. The molecule has 0 aliphatic heterocycles. The summed E-state index contributed by atoms with van der Waals surface area (Å²) in [6.45, 7) is 0.259. The molecule has 0 amide bonds. The predicted octanol–water partition coefficient (Wildman–Crippen LogP) is 7.53. The molecule has 4 aromatic carbocycles. The van der Waals surface area contributed by atoms with Gasteiger partial charge in [0.1, 0.15) is 74.6 Å². The molecule has 0 saturated carbocycles. The van der Waals surface area contributed by atoms with Gasteiger partial charge in [0, 0.05) is 34.9 Å². The number of aromatic nitrogens is 17. The fraction of sp³-hybridized carbons (Fsp3) is 0.0444. The smallest absolute Gasteiger partial charge is 0.251 e. The van der Waals surface area contributed by atoms with Gasteiger partial charge in [-0.05, 0) is 64.5 Å². The first kappa shape index (κ1) is 52.4. The molecule has 0 atom stereocenters. The zero-order chi connectivity index (χ0) is 52.6. The quantitative estimate of drug-likeness (QED) is 0.103. The summed E-state index contributed by atoms with van der Waals surface area (Å²) in [4.78, 5) is 27.5. The molecule has 7 heterocycles. The van der Waals surface area contributed by atoms with Crippen LogP contribution < -0.4 is 21.9 Å². The van der Waals surface area contributed by atoms with Gasteiger partial charge in [0.2, 0.25) is 17.8 Å². The molecule has 74 heavy (non-hydrogen) atoms. The normalized spacial score (nSPS) is 10.4. The third-order valence-corrected chi connectivity index (χ3v) is 9.63. The zero-order valence-corrected chi connectivity index (χ0v) is 39.7. The van der Waals surface area contributed by atoms with E-state index in [-0.39, 0.29) is 58.4 Å². The monoisotopic (exact) mass is 1100 g/mol. The molecular formula is C45H32BrClF6N20O. The van der Waals surface area contributed by atoms with Crippen molar-refractivity contribution in [1.29, 1.82) is 0 Å². The number of benzene rings is 4. The molecule has 11 rings (SSSR count). The van der Waals surface area contributed by atoms with E-state index in [9.17, 15) is 26.3 Å². The van der Waals surface area contributed by atoms with E-state index in [2.05, 4.69) is 91.6 Å². The standard InChI is InChI=1S/C18H12F2N4O.C12H7ClF2N4.C9H6F2N4.C3H3BrN4.C3H4N4/c19-12-6-7-15(16(20)8-12)17-9-21-18-22-13(10-24(18)23-17)11-25-14-4-2-1-3-5-14;13-4-8-6-19-12(17-8)16-5-11(18-19)9-2-1-7(14)3-10(9)15;10-5-1-2-6(7(11)3-5)8-4-13-9(12)15-14-8;4-2-1-6-3(5)8-7-2;4-3-5-1-2-6-7-3/h1-10H,11H2;1-3,5-6H,4H2;1-4H,(H2,12,13,15);1H,(H2,5,6,8);1-2H,(H2,4,5,7). The molecule has 29 heteroatoms. The highest BCUT2D eigenvalue weighted by atomic mass is 79.9. The number of para-hydroxylation sites is 1. The molecule has 0 aliphatic rings. The van der Waals surface area contributed by atoms with Gasteiger partial charge in [-0.15, -0.1) is 37.1 Å². The van der Waals surface area contributed by atoms with Crippen molar-refractivity contribution in [2.75, 3.05) is 17.2 Å². The third-order valence-electron chi connectivity index (χ3n) is 8.99. The summed E-state index contributed by atoms with van der Waals surface area (Å²) in [5.41, 5.74) is 18.0. The molecule has 11 aromatic rings. The van der Waals surface area contributed by atoms with Gasteiger partial charge in [-0.25, -0.2) is 70.3 Å². The lowest BCUT2D eigenvalue weighted by atomic mass is 10.1. The van der Waals surface area contributed by atoms with Crippen molar-refractivity contribution in [2.45, 2.75) is 12.5 Å². The maximum atomic E-state index is 13.9. The summed E-state index contributed by atoms with van der Waals surface area (Å²) in [5.74, 6) is -1.89. The van der Waals surface area contributed by atoms with Crippen LogP contribution in [0.1, 0.15) is 11.4 Å². The van der Waals surface area contributed by atoms with Crippen LogP contribution in [0.5, 0.6) is 5.75 Å². The van der Waals surface area contributed by atoms with Crippen molar-refractivity contribution >= 4 is 56.9 Å². The van der Waals surface area contributed by atoms with E-state index >= 15 is 0 Å². The number of halogens is 8. The maximum Gasteiger partial charge on any atom is 0.251 e. The molecule has 0 unspecified atom stereocenters. The number of nitrogen functional groups attached to an aromatic ring is 3. The van der Waals surface area contributed by atoms with Gasteiger partial charge in [0.15, 0.2) is 0 Å².